The molecule has 0 radical (unpaired) electrons. The third kappa shape index (κ3) is 7.72. The van der Waals surface area contributed by atoms with Gasteiger partial charge in [-0.2, -0.15) is 0 Å². The number of benzene rings is 11. The number of anilines is 3. The van der Waals surface area contributed by atoms with Gasteiger partial charge >= 0.3 is 0 Å². The summed E-state index contributed by atoms with van der Waals surface area (Å²) in [6, 6.07) is 92.3. The minimum absolute atomic E-state index is 0.123. The summed E-state index contributed by atoms with van der Waals surface area (Å²) in [4.78, 5) is 2.49. The molecule has 0 amide bonds. The van der Waals surface area contributed by atoms with Crippen LogP contribution in [0, 0.1) is 10.8 Å². The van der Waals surface area contributed by atoms with E-state index in [0.29, 0.717) is 5.92 Å². The van der Waals surface area contributed by atoms with Crippen molar-refractivity contribution >= 4 is 27.8 Å². The second-order valence-corrected chi connectivity index (χ2v) is 25.5. The lowest BCUT2D eigenvalue weighted by Crippen LogP contribution is -2.26. The Balaban J connectivity index is 0.933. The number of hydrogen-bond acceptors (Lipinski definition) is 1. The van der Waals surface area contributed by atoms with Gasteiger partial charge in [-0.05, 0) is 177 Å². The second-order valence-electron chi connectivity index (χ2n) is 25.5. The van der Waals surface area contributed by atoms with E-state index in [4.69, 9.17) is 0 Å². The summed E-state index contributed by atoms with van der Waals surface area (Å²) in [5, 5.41) is 2.42. The predicted molar refractivity (Wildman–Crippen MR) is 335 cm³/mol. The average Bonchev–Trinajstić information content (AvgIpc) is 4.18. The first-order valence-electron chi connectivity index (χ1n) is 28.5. The minimum Gasteiger partial charge on any atom is -0.310 e. The first-order valence-corrected chi connectivity index (χ1v) is 28.5. The Kier molecular flexibility index (Phi) is 11.1. The summed E-state index contributed by atoms with van der Waals surface area (Å²) >= 11 is 0. The molecule has 2 unspecified atom stereocenters. The summed E-state index contributed by atoms with van der Waals surface area (Å²) in [6.45, 7) is 19.1. The molecule has 0 bridgehead atoms. The van der Waals surface area contributed by atoms with Crippen LogP contribution in [-0.4, -0.2) is 0 Å². The van der Waals surface area contributed by atoms with Crippen LogP contribution >= 0.6 is 0 Å². The van der Waals surface area contributed by atoms with Crippen molar-refractivity contribution in [3.05, 3.63) is 282 Å². The largest absolute Gasteiger partial charge is 0.310 e. The SMILES string of the molecule is CC(C)(C)CC(c1cccc(-c2ccc3c(c2)C2(c4ccccc4-3)c3ccccc3-c3ccc(-c4ccc(N(c5ccc(-c6ccccc6)cc5)c5ccc6c(c5)C(C)(C)c5ccccc5-6)c5ccccc45)cc32)c1)C(C)(C)C. The fourth-order valence-electron chi connectivity index (χ4n) is 14.4. The standard InChI is InChI=1S/C78H67N/c1-75(2,3)49-73(76(4,5)6)55-24-20-23-52(45-55)53-35-40-64-61-27-15-18-31-68(61)78(71(64)46-53)69-32-19-16-28-62(69)65-41-36-54(47-72(65)78)58-43-44-74(66-29-13-12-25-59(58)66)79(56-37-33-51(34-38-56)50-21-10-9-11-22-50)57-39-42-63-60-26-14-17-30-67(60)77(7,8)70(63)48-57/h9-48,73H,49H2,1-8H3. The molecule has 1 nitrogen and oxygen atoms in total. The van der Waals surface area contributed by atoms with Crippen LogP contribution in [0.2, 0.25) is 0 Å². The van der Waals surface area contributed by atoms with Gasteiger partial charge < -0.3 is 4.90 Å². The van der Waals surface area contributed by atoms with Crippen molar-refractivity contribution in [2.45, 2.75) is 78.6 Å². The van der Waals surface area contributed by atoms with Crippen LogP contribution in [0.5, 0.6) is 0 Å². The Bertz CT molecular complexity index is 4200. The minimum atomic E-state index is -0.513. The molecule has 0 N–H and O–H groups in total. The summed E-state index contributed by atoms with van der Waals surface area (Å²) in [5.74, 6) is 0.425. The molecule has 0 saturated carbocycles. The van der Waals surface area contributed by atoms with Crippen LogP contribution in [0.1, 0.15) is 107 Å². The van der Waals surface area contributed by atoms with Gasteiger partial charge in [-0.3, -0.25) is 0 Å². The van der Waals surface area contributed by atoms with Crippen LogP contribution in [0.25, 0.3) is 77.5 Å². The van der Waals surface area contributed by atoms with Gasteiger partial charge in [0.25, 0.3) is 0 Å². The molecule has 3 aliphatic carbocycles. The van der Waals surface area contributed by atoms with E-state index in [1.54, 1.807) is 0 Å². The number of rotatable bonds is 8. The van der Waals surface area contributed by atoms with E-state index in [-0.39, 0.29) is 16.2 Å². The topological polar surface area (TPSA) is 3.24 Å². The fourth-order valence-corrected chi connectivity index (χ4v) is 14.4. The number of hydrogen-bond donors (Lipinski definition) is 0. The monoisotopic (exact) mass is 1020 g/mol. The first kappa shape index (κ1) is 48.8. The maximum Gasteiger partial charge on any atom is 0.0725 e. The van der Waals surface area contributed by atoms with E-state index < -0.39 is 5.41 Å². The van der Waals surface area contributed by atoms with Crippen LogP contribution < -0.4 is 4.90 Å². The van der Waals surface area contributed by atoms with Crippen LogP contribution in [0.15, 0.2) is 243 Å². The molecule has 1 heteroatoms. The van der Waals surface area contributed by atoms with E-state index in [2.05, 4.69) is 303 Å². The van der Waals surface area contributed by atoms with E-state index in [1.165, 1.54) is 116 Å². The van der Waals surface area contributed by atoms with Crippen molar-refractivity contribution in [1.29, 1.82) is 0 Å². The van der Waals surface area contributed by atoms with E-state index >= 15 is 0 Å². The molecule has 0 aromatic heterocycles. The number of nitrogens with zero attached hydrogens (tertiary/aromatic N) is 1. The van der Waals surface area contributed by atoms with Crippen molar-refractivity contribution in [1.82, 2.24) is 0 Å². The Morgan fingerprint density at radius 3 is 1.47 bits per heavy atom. The zero-order valence-electron chi connectivity index (χ0n) is 46.8. The Hall–Kier alpha value is -8.52. The Labute approximate surface area is 467 Å². The normalized spacial score (nSPS) is 15.7. The Morgan fingerprint density at radius 2 is 0.810 bits per heavy atom. The van der Waals surface area contributed by atoms with Crippen molar-refractivity contribution in [3.8, 4) is 66.8 Å². The molecule has 11 aromatic carbocycles. The van der Waals surface area contributed by atoms with Crippen LogP contribution in [-0.2, 0) is 10.8 Å². The molecule has 0 aliphatic heterocycles. The summed E-state index contributed by atoms with van der Waals surface area (Å²) in [7, 11) is 0. The van der Waals surface area contributed by atoms with Crippen molar-refractivity contribution in [2.24, 2.45) is 10.8 Å². The van der Waals surface area contributed by atoms with Gasteiger partial charge in [0, 0.05) is 22.2 Å². The van der Waals surface area contributed by atoms with Crippen LogP contribution in [0.3, 0.4) is 0 Å². The molecule has 11 aromatic rings. The molecule has 384 valence electrons. The smallest absolute Gasteiger partial charge is 0.0725 e. The maximum atomic E-state index is 2.55. The highest BCUT2D eigenvalue weighted by atomic mass is 15.1. The molecular weight excluding hydrogens is 951 g/mol. The molecule has 14 rings (SSSR count). The molecule has 0 heterocycles. The zero-order valence-corrected chi connectivity index (χ0v) is 46.8. The van der Waals surface area contributed by atoms with Crippen molar-refractivity contribution < 1.29 is 0 Å². The van der Waals surface area contributed by atoms with Gasteiger partial charge in [0.1, 0.15) is 0 Å². The molecular formula is C78H67N. The zero-order chi connectivity index (χ0) is 54.0. The van der Waals surface area contributed by atoms with Gasteiger partial charge in [-0.1, -0.05) is 256 Å². The van der Waals surface area contributed by atoms with E-state index in [1.807, 2.05) is 0 Å². The van der Waals surface area contributed by atoms with Gasteiger partial charge in [-0.25, -0.2) is 0 Å². The van der Waals surface area contributed by atoms with Gasteiger partial charge in [0.2, 0.25) is 0 Å². The first-order chi connectivity index (χ1) is 38.2. The lowest BCUT2D eigenvalue weighted by atomic mass is 9.68. The number of fused-ring (bicyclic) bond motifs is 14. The molecule has 1 spiro atoms. The summed E-state index contributed by atoms with van der Waals surface area (Å²) < 4.78 is 0. The second kappa shape index (κ2) is 18.0. The highest BCUT2D eigenvalue weighted by Crippen LogP contribution is 2.64. The maximum absolute atomic E-state index is 2.55. The molecule has 79 heavy (non-hydrogen) atoms. The van der Waals surface area contributed by atoms with Crippen LogP contribution in [0.4, 0.5) is 17.1 Å². The molecule has 0 fully saturated rings. The highest BCUT2D eigenvalue weighted by molar-refractivity contribution is 6.07. The van der Waals surface area contributed by atoms with E-state index in [9.17, 15) is 0 Å². The third-order valence-corrected chi connectivity index (χ3v) is 18.1. The van der Waals surface area contributed by atoms with E-state index in [0.717, 1.165) is 23.5 Å². The van der Waals surface area contributed by atoms with Crippen molar-refractivity contribution in [2.75, 3.05) is 4.90 Å². The van der Waals surface area contributed by atoms with Gasteiger partial charge in [0.15, 0.2) is 0 Å². The quantitative estimate of drug-likeness (QED) is 0.147. The summed E-state index contributed by atoms with van der Waals surface area (Å²) in [5.41, 5.74) is 27.9. The molecule has 0 saturated heterocycles. The average molecular weight is 1020 g/mol. The lowest BCUT2D eigenvalue weighted by Gasteiger charge is -2.36. The molecule has 3 aliphatic rings. The molecule has 2 atom stereocenters. The third-order valence-electron chi connectivity index (χ3n) is 18.1. The van der Waals surface area contributed by atoms with Gasteiger partial charge in [0.05, 0.1) is 11.1 Å². The summed E-state index contributed by atoms with van der Waals surface area (Å²) in [6.07, 6.45) is 1.13. The lowest BCUT2D eigenvalue weighted by molar-refractivity contribution is 0.229. The van der Waals surface area contributed by atoms with Gasteiger partial charge in [-0.15, -0.1) is 0 Å². The fraction of sp³-hybridized carbons (Fsp3) is 0.179. The van der Waals surface area contributed by atoms with Crippen molar-refractivity contribution in [3.63, 3.8) is 0 Å². The highest BCUT2D eigenvalue weighted by Gasteiger charge is 2.52. The predicted octanol–water partition coefficient (Wildman–Crippen LogP) is 21.5. The Morgan fingerprint density at radius 1 is 0.342 bits per heavy atom.